The van der Waals surface area contributed by atoms with Gasteiger partial charge in [0.1, 0.15) is 11.5 Å². The molecule has 0 bridgehead atoms. The first-order valence-corrected chi connectivity index (χ1v) is 9.82. The molecule has 0 fully saturated rings. The number of rotatable bonds is 5. The second kappa shape index (κ2) is 7.53. The Bertz CT molecular complexity index is 738. The number of aromatic hydroxyl groups is 1. The molecule has 132 valence electrons. The van der Waals surface area contributed by atoms with E-state index in [1.807, 2.05) is 18.3 Å². The lowest BCUT2D eigenvalue weighted by Crippen LogP contribution is -2.35. The molecule has 0 radical (unpaired) electrons. The summed E-state index contributed by atoms with van der Waals surface area (Å²) in [6.45, 7) is 3.00. The van der Waals surface area contributed by atoms with E-state index in [0.29, 0.717) is 36.8 Å². The van der Waals surface area contributed by atoms with Gasteiger partial charge in [0.15, 0.2) is 6.19 Å². The van der Waals surface area contributed by atoms with E-state index < -0.39 is 0 Å². The van der Waals surface area contributed by atoms with Crippen molar-refractivity contribution in [3.8, 4) is 11.9 Å². The highest BCUT2D eigenvalue weighted by Gasteiger charge is 2.42. The highest BCUT2D eigenvalue weighted by Crippen LogP contribution is 2.55. The molecule has 1 aliphatic carbocycles. The molecule has 1 aromatic carbocycles. The van der Waals surface area contributed by atoms with Gasteiger partial charge in [-0.3, -0.25) is 4.79 Å². The fraction of sp³-hybridized carbons (Fsp3) is 0.500. The number of ketones is 1. The van der Waals surface area contributed by atoms with E-state index in [9.17, 15) is 9.90 Å². The van der Waals surface area contributed by atoms with Gasteiger partial charge in [-0.05, 0) is 42.9 Å². The Kier molecular flexibility index (Phi) is 5.39. The van der Waals surface area contributed by atoms with Crippen molar-refractivity contribution in [3.63, 3.8) is 0 Å². The molecule has 0 spiro atoms. The summed E-state index contributed by atoms with van der Waals surface area (Å²) in [6.07, 6.45) is 8.10. The summed E-state index contributed by atoms with van der Waals surface area (Å²) < 4.78 is 0. The molecule has 0 aromatic heterocycles. The van der Waals surface area contributed by atoms with Crippen molar-refractivity contribution >= 4 is 17.5 Å². The summed E-state index contributed by atoms with van der Waals surface area (Å²) in [4.78, 5) is 12.8. The van der Waals surface area contributed by atoms with Gasteiger partial charge in [0, 0.05) is 35.4 Å². The van der Waals surface area contributed by atoms with E-state index in [0.717, 1.165) is 29.9 Å². The first-order valence-electron chi connectivity index (χ1n) is 8.83. The topological polar surface area (TPSA) is 73.1 Å². The van der Waals surface area contributed by atoms with Crippen LogP contribution in [0, 0.1) is 16.9 Å². The highest BCUT2D eigenvalue weighted by atomic mass is 32.2. The fourth-order valence-corrected chi connectivity index (χ4v) is 5.51. The third kappa shape index (κ3) is 3.69. The van der Waals surface area contributed by atoms with Crippen molar-refractivity contribution in [2.75, 3.05) is 12.3 Å². The molecule has 1 aromatic rings. The average Bonchev–Trinajstić information content (AvgIpc) is 2.61. The lowest BCUT2D eigenvalue weighted by Gasteiger charge is -2.45. The Morgan fingerprint density at radius 3 is 3.00 bits per heavy atom. The van der Waals surface area contributed by atoms with Crippen LogP contribution in [-0.4, -0.2) is 23.2 Å². The van der Waals surface area contributed by atoms with Crippen LogP contribution in [0.25, 0.3) is 0 Å². The molecule has 2 unspecified atom stereocenters. The van der Waals surface area contributed by atoms with Crippen LogP contribution in [0.4, 0.5) is 0 Å². The number of nitriles is 1. The van der Waals surface area contributed by atoms with Gasteiger partial charge in [-0.1, -0.05) is 24.6 Å². The van der Waals surface area contributed by atoms with E-state index in [1.54, 1.807) is 17.8 Å². The van der Waals surface area contributed by atoms with Crippen LogP contribution < -0.4 is 5.32 Å². The van der Waals surface area contributed by atoms with Crippen molar-refractivity contribution in [3.05, 3.63) is 35.4 Å². The second-order valence-corrected chi connectivity index (χ2v) is 8.15. The van der Waals surface area contributed by atoms with E-state index in [1.165, 1.54) is 11.1 Å². The van der Waals surface area contributed by atoms with Gasteiger partial charge in [0.05, 0.1) is 0 Å². The number of phenolic OH excluding ortho intramolecular Hbond substituents is 1. The first kappa shape index (κ1) is 17.9. The Hall–Kier alpha value is -1.93. The molecule has 25 heavy (non-hydrogen) atoms. The molecule has 4 nitrogen and oxygen atoms in total. The van der Waals surface area contributed by atoms with Crippen LogP contribution in [0.1, 0.15) is 50.5 Å². The summed E-state index contributed by atoms with van der Waals surface area (Å²) in [5, 5.41) is 21.2. The van der Waals surface area contributed by atoms with Gasteiger partial charge < -0.3 is 10.4 Å². The number of nitrogens with one attached hydrogen (secondary N) is 1. The number of thioether (sulfide) groups is 1. The second-order valence-electron chi connectivity index (χ2n) is 7.13. The van der Waals surface area contributed by atoms with Gasteiger partial charge in [-0.15, -0.1) is 11.8 Å². The SMILES string of the molecule is CC1(C2=CCC(=O)CC2)CSc2cc(O)ccc2C1CCCNC#N. The molecule has 0 amide bonds. The van der Waals surface area contributed by atoms with E-state index in [4.69, 9.17) is 5.26 Å². The van der Waals surface area contributed by atoms with Crippen LogP contribution in [0.15, 0.2) is 34.7 Å². The lowest BCUT2D eigenvalue weighted by molar-refractivity contribution is -0.118. The standard InChI is InChI=1S/C20H24N2O2S/c1-20(14-4-6-15(23)7-5-14)12-25-19-11-16(24)8-9-17(19)18(20)3-2-10-22-13-21/h4,8-9,11,18,22,24H,2-3,5-7,10,12H2,1H3. The molecule has 1 aliphatic heterocycles. The minimum Gasteiger partial charge on any atom is -0.508 e. The molecule has 3 rings (SSSR count). The summed E-state index contributed by atoms with van der Waals surface area (Å²) in [7, 11) is 0. The molecule has 2 N–H and O–H groups in total. The number of hydrogen-bond donors (Lipinski definition) is 2. The van der Waals surface area contributed by atoms with E-state index in [2.05, 4.69) is 18.3 Å². The lowest BCUT2D eigenvalue weighted by atomic mass is 9.65. The fourth-order valence-electron chi connectivity index (χ4n) is 4.08. The van der Waals surface area contributed by atoms with Crippen molar-refractivity contribution in [2.45, 2.75) is 49.8 Å². The minimum atomic E-state index is 0.0159. The zero-order chi connectivity index (χ0) is 17.9. The third-order valence-corrected chi connectivity index (χ3v) is 6.93. The number of carbonyl (C=O) groups is 1. The number of benzene rings is 1. The van der Waals surface area contributed by atoms with Gasteiger partial charge >= 0.3 is 0 Å². The van der Waals surface area contributed by atoms with Crippen molar-refractivity contribution in [1.82, 2.24) is 5.32 Å². The van der Waals surface area contributed by atoms with Crippen LogP contribution >= 0.6 is 11.8 Å². The number of nitrogens with zero attached hydrogens (tertiary/aromatic N) is 1. The first-order chi connectivity index (χ1) is 12.0. The molecule has 2 aliphatic rings. The van der Waals surface area contributed by atoms with Crippen molar-refractivity contribution < 1.29 is 9.90 Å². The average molecular weight is 356 g/mol. The van der Waals surface area contributed by atoms with Crippen molar-refractivity contribution in [2.24, 2.45) is 5.41 Å². The summed E-state index contributed by atoms with van der Waals surface area (Å²) in [5.41, 5.74) is 2.70. The monoisotopic (exact) mass is 356 g/mol. The summed E-state index contributed by atoms with van der Waals surface area (Å²) >= 11 is 1.80. The highest BCUT2D eigenvalue weighted by molar-refractivity contribution is 7.99. The van der Waals surface area contributed by atoms with Gasteiger partial charge in [-0.2, -0.15) is 5.26 Å². The number of Topliss-reactive ketones (excluding diaryl/α,β-unsaturated/α-hetero) is 1. The van der Waals surface area contributed by atoms with Crippen LogP contribution in [-0.2, 0) is 4.79 Å². The Morgan fingerprint density at radius 2 is 2.28 bits per heavy atom. The van der Waals surface area contributed by atoms with Crippen LogP contribution in [0.5, 0.6) is 5.75 Å². The zero-order valence-electron chi connectivity index (χ0n) is 14.5. The predicted molar refractivity (Wildman–Crippen MR) is 99.5 cm³/mol. The number of phenols is 1. The molecule has 0 saturated heterocycles. The van der Waals surface area contributed by atoms with E-state index >= 15 is 0 Å². The number of hydrogen-bond acceptors (Lipinski definition) is 5. The normalized spacial score (nSPS) is 25.7. The Morgan fingerprint density at radius 1 is 1.44 bits per heavy atom. The molecule has 0 saturated carbocycles. The van der Waals surface area contributed by atoms with Crippen LogP contribution in [0.3, 0.4) is 0 Å². The molecule has 2 atom stereocenters. The maximum Gasteiger partial charge on any atom is 0.176 e. The molecular formula is C20H24N2O2S. The number of carbonyl (C=O) groups excluding carboxylic acids is 1. The maximum atomic E-state index is 11.6. The summed E-state index contributed by atoms with van der Waals surface area (Å²) in [6, 6.07) is 5.68. The number of allylic oxidation sites excluding steroid dienone is 2. The van der Waals surface area contributed by atoms with Gasteiger partial charge in [-0.25, -0.2) is 0 Å². The predicted octanol–water partition coefficient (Wildman–Crippen LogP) is 4.12. The van der Waals surface area contributed by atoms with E-state index in [-0.39, 0.29) is 5.41 Å². The molecule has 1 heterocycles. The zero-order valence-corrected chi connectivity index (χ0v) is 15.4. The maximum absolute atomic E-state index is 11.6. The Labute approximate surface area is 153 Å². The third-order valence-electron chi connectivity index (χ3n) is 5.53. The molecular weight excluding hydrogens is 332 g/mol. The quantitative estimate of drug-likeness (QED) is 0.359. The van der Waals surface area contributed by atoms with Crippen LogP contribution in [0.2, 0.25) is 0 Å². The van der Waals surface area contributed by atoms with Crippen molar-refractivity contribution in [1.29, 1.82) is 5.26 Å². The minimum absolute atomic E-state index is 0.0159. The summed E-state index contributed by atoms with van der Waals surface area (Å²) in [5.74, 6) is 1.93. The smallest absolute Gasteiger partial charge is 0.176 e. The Balaban J connectivity index is 1.92. The van der Waals surface area contributed by atoms with Gasteiger partial charge in [0.25, 0.3) is 0 Å². The number of fused-ring (bicyclic) bond motifs is 1. The largest absolute Gasteiger partial charge is 0.508 e. The molecule has 5 heteroatoms. The van der Waals surface area contributed by atoms with Gasteiger partial charge in [0.2, 0.25) is 0 Å².